The molecule has 0 spiro atoms. The smallest absolute Gasteiger partial charge is 0.387 e. The van der Waals surface area contributed by atoms with E-state index in [1.54, 1.807) is 6.07 Å². The summed E-state index contributed by atoms with van der Waals surface area (Å²) in [4.78, 5) is 4.33. The van der Waals surface area contributed by atoms with Gasteiger partial charge in [0.15, 0.2) is 5.96 Å². The van der Waals surface area contributed by atoms with Crippen molar-refractivity contribution in [2.45, 2.75) is 26.6 Å². The Morgan fingerprint density at radius 1 is 1.35 bits per heavy atom. The molecule has 0 bridgehead atoms. The molecule has 0 radical (unpaired) electrons. The second-order valence-corrected chi connectivity index (χ2v) is 5.64. The maximum Gasteiger partial charge on any atom is 0.387 e. The van der Waals surface area contributed by atoms with Gasteiger partial charge in [0.05, 0.1) is 18.1 Å². The molecule has 1 aromatic heterocycles. The van der Waals surface area contributed by atoms with Gasteiger partial charge in [-0.1, -0.05) is 28.4 Å². The number of aliphatic imine (C=N–C) groups is 1. The summed E-state index contributed by atoms with van der Waals surface area (Å²) in [6.07, 6.45) is 1.46. The van der Waals surface area contributed by atoms with Crippen LogP contribution in [-0.2, 0) is 13.1 Å². The lowest BCUT2D eigenvalue weighted by atomic mass is 10.2. The highest BCUT2D eigenvalue weighted by molar-refractivity contribution is 14.0. The third-order valence-electron chi connectivity index (χ3n) is 2.97. The fraction of sp³-hybridized carbons (Fsp3) is 0.333. The first-order chi connectivity index (χ1) is 12.0. The monoisotopic (exact) mass is 520 g/mol. The fourth-order valence-corrected chi connectivity index (χ4v) is 2.54. The molecule has 0 fully saturated rings. The Morgan fingerprint density at radius 2 is 2.12 bits per heavy atom. The number of guanidine groups is 1. The number of benzene rings is 1. The lowest BCUT2D eigenvalue weighted by Gasteiger charge is -2.13. The molecule has 26 heavy (non-hydrogen) atoms. The standard InChI is InChI=1S/C15H16Cl2F2N4O2.HI/c1-2-20-15(22-8-11-3-4-24-23-11)21-7-9-5-10(16)6-12(17)13(9)25-14(18)19;/h3-6,14H,2,7-8H2,1H3,(H2,20,21,22);1H. The van der Waals surface area contributed by atoms with Crippen molar-refractivity contribution in [2.75, 3.05) is 6.54 Å². The second-order valence-electron chi connectivity index (χ2n) is 4.79. The minimum absolute atomic E-state index is 0. The summed E-state index contributed by atoms with van der Waals surface area (Å²) in [5.74, 6) is 0.321. The Hall–Kier alpha value is -1.33. The Labute approximate surface area is 176 Å². The lowest BCUT2D eigenvalue weighted by Crippen LogP contribution is -2.36. The highest BCUT2D eigenvalue weighted by Gasteiger charge is 2.15. The SMILES string of the molecule is CCNC(=NCc1cc(Cl)cc(Cl)c1OC(F)F)NCc1ccon1.I. The number of nitrogens with zero attached hydrogens (tertiary/aromatic N) is 2. The first-order valence-corrected chi connectivity index (χ1v) is 8.09. The third-order valence-corrected chi connectivity index (χ3v) is 3.47. The summed E-state index contributed by atoms with van der Waals surface area (Å²) in [7, 11) is 0. The predicted octanol–water partition coefficient (Wildman–Crippen LogP) is 4.46. The van der Waals surface area contributed by atoms with Crippen LogP contribution in [0.1, 0.15) is 18.2 Å². The molecule has 11 heteroatoms. The minimum Gasteiger partial charge on any atom is -0.433 e. The predicted molar refractivity (Wildman–Crippen MR) is 107 cm³/mol. The molecule has 0 aliphatic carbocycles. The van der Waals surface area contributed by atoms with E-state index in [4.69, 9.17) is 27.7 Å². The van der Waals surface area contributed by atoms with Crippen molar-refractivity contribution in [3.05, 3.63) is 45.8 Å². The molecule has 1 heterocycles. The van der Waals surface area contributed by atoms with E-state index in [2.05, 4.69) is 25.5 Å². The molecule has 2 aromatic rings. The molecule has 0 unspecified atom stereocenters. The van der Waals surface area contributed by atoms with Gasteiger partial charge < -0.3 is 19.9 Å². The largest absolute Gasteiger partial charge is 0.433 e. The quantitative estimate of drug-likeness (QED) is 0.320. The van der Waals surface area contributed by atoms with Gasteiger partial charge in [-0.05, 0) is 19.1 Å². The van der Waals surface area contributed by atoms with Crippen molar-refractivity contribution < 1.29 is 18.0 Å². The van der Waals surface area contributed by atoms with Crippen molar-refractivity contribution in [3.63, 3.8) is 0 Å². The molecular weight excluding hydrogens is 504 g/mol. The minimum atomic E-state index is -3.00. The van der Waals surface area contributed by atoms with Gasteiger partial charge in [-0.25, -0.2) is 4.99 Å². The number of alkyl halides is 2. The molecule has 2 rings (SSSR count). The molecule has 2 N–H and O–H groups in total. The molecule has 1 aromatic carbocycles. The van der Waals surface area contributed by atoms with Gasteiger partial charge in [0, 0.05) is 23.2 Å². The van der Waals surface area contributed by atoms with E-state index in [9.17, 15) is 8.78 Å². The number of nitrogens with one attached hydrogen (secondary N) is 2. The van der Waals surface area contributed by atoms with E-state index < -0.39 is 6.61 Å². The van der Waals surface area contributed by atoms with Crippen LogP contribution in [0, 0.1) is 0 Å². The van der Waals surface area contributed by atoms with Crippen LogP contribution >= 0.6 is 47.2 Å². The highest BCUT2D eigenvalue weighted by Crippen LogP contribution is 2.34. The van der Waals surface area contributed by atoms with Crippen LogP contribution in [0.15, 0.2) is 34.0 Å². The van der Waals surface area contributed by atoms with E-state index in [0.29, 0.717) is 35.3 Å². The van der Waals surface area contributed by atoms with E-state index in [-0.39, 0.29) is 41.3 Å². The average molecular weight is 521 g/mol. The van der Waals surface area contributed by atoms with Crippen molar-refractivity contribution in [1.82, 2.24) is 15.8 Å². The Bertz CT molecular complexity index is 718. The maximum absolute atomic E-state index is 12.6. The van der Waals surface area contributed by atoms with Crippen molar-refractivity contribution in [2.24, 2.45) is 4.99 Å². The lowest BCUT2D eigenvalue weighted by molar-refractivity contribution is -0.0503. The summed E-state index contributed by atoms with van der Waals surface area (Å²) in [6, 6.07) is 4.53. The number of rotatable bonds is 7. The zero-order valence-electron chi connectivity index (χ0n) is 13.6. The van der Waals surface area contributed by atoms with Crippen LogP contribution in [-0.4, -0.2) is 24.3 Å². The van der Waals surface area contributed by atoms with Gasteiger partial charge in [-0.3, -0.25) is 0 Å². The molecule has 0 amide bonds. The summed E-state index contributed by atoms with van der Waals surface area (Å²) >= 11 is 11.9. The van der Waals surface area contributed by atoms with E-state index in [0.717, 1.165) is 0 Å². The summed E-state index contributed by atoms with van der Waals surface area (Å²) in [5, 5.41) is 10.2. The molecule has 0 aliphatic heterocycles. The summed E-state index contributed by atoms with van der Waals surface area (Å²) < 4.78 is 34.4. The summed E-state index contributed by atoms with van der Waals surface area (Å²) in [5.41, 5.74) is 1.04. The molecule has 6 nitrogen and oxygen atoms in total. The normalized spacial score (nSPS) is 11.2. The topological polar surface area (TPSA) is 71.7 Å². The average Bonchev–Trinajstić information content (AvgIpc) is 3.06. The third kappa shape index (κ3) is 7.12. The van der Waals surface area contributed by atoms with Gasteiger partial charge in [-0.2, -0.15) is 8.78 Å². The van der Waals surface area contributed by atoms with Crippen LogP contribution in [0.2, 0.25) is 10.0 Å². The van der Waals surface area contributed by atoms with Gasteiger partial charge in [0.25, 0.3) is 0 Å². The first kappa shape index (κ1) is 22.7. The Kier molecular flexibility index (Phi) is 9.96. The number of hydrogen-bond acceptors (Lipinski definition) is 4. The van der Waals surface area contributed by atoms with Gasteiger partial charge in [-0.15, -0.1) is 24.0 Å². The van der Waals surface area contributed by atoms with E-state index in [1.807, 2.05) is 6.92 Å². The van der Waals surface area contributed by atoms with Gasteiger partial charge in [0.2, 0.25) is 0 Å². The molecular formula is C15H17Cl2F2IN4O2. The number of hydrogen-bond donors (Lipinski definition) is 2. The fourth-order valence-electron chi connectivity index (χ4n) is 1.96. The maximum atomic E-state index is 12.6. The highest BCUT2D eigenvalue weighted by atomic mass is 127. The zero-order valence-corrected chi connectivity index (χ0v) is 17.5. The van der Waals surface area contributed by atoms with Crippen LogP contribution in [0.5, 0.6) is 5.75 Å². The van der Waals surface area contributed by atoms with Crippen LogP contribution in [0.3, 0.4) is 0 Å². The summed E-state index contributed by atoms with van der Waals surface area (Å²) in [6.45, 7) is -0.0638. The zero-order chi connectivity index (χ0) is 18.2. The van der Waals surface area contributed by atoms with E-state index in [1.165, 1.54) is 18.4 Å². The molecule has 144 valence electrons. The van der Waals surface area contributed by atoms with Gasteiger partial charge in [0.1, 0.15) is 17.7 Å². The second kappa shape index (κ2) is 11.4. The Balaban J connectivity index is 0.00000338. The first-order valence-electron chi connectivity index (χ1n) is 7.33. The molecule has 0 saturated heterocycles. The number of aromatic nitrogens is 1. The molecule has 0 atom stereocenters. The molecule has 0 saturated carbocycles. The van der Waals surface area contributed by atoms with Crippen molar-refractivity contribution >= 4 is 53.1 Å². The number of ether oxygens (including phenoxy) is 1. The van der Waals surface area contributed by atoms with Gasteiger partial charge >= 0.3 is 6.61 Å². The van der Waals surface area contributed by atoms with Crippen LogP contribution in [0.25, 0.3) is 0 Å². The van der Waals surface area contributed by atoms with E-state index >= 15 is 0 Å². The van der Waals surface area contributed by atoms with Crippen molar-refractivity contribution in [1.29, 1.82) is 0 Å². The van der Waals surface area contributed by atoms with Crippen molar-refractivity contribution in [3.8, 4) is 5.75 Å². The number of halogens is 5. The van der Waals surface area contributed by atoms with Crippen LogP contribution in [0.4, 0.5) is 8.78 Å². The molecule has 0 aliphatic rings. The van der Waals surface area contributed by atoms with Crippen LogP contribution < -0.4 is 15.4 Å². The Morgan fingerprint density at radius 3 is 2.73 bits per heavy atom.